The summed E-state index contributed by atoms with van der Waals surface area (Å²) in [4.78, 5) is 13.7. The number of benzene rings is 1. The summed E-state index contributed by atoms with van der Waals surface area (Å²) >= 11 is 1.55. The molecule has 3 N–H and O–H groups in total. The van der Waals surface area contributed by atoms with Crippen LogP contribution in [0, 0.1) is 18.3 Å². The normalized spacial score (nSPS) is 21.1. The fraction of sp³-hybridized carbons (Fsp3) is 0.522. The standard InChI is InChI=1S/C23H29NO6S/c1-12-19-16(8-17-20(19)23(17,2)3)21(31-12)30-22(27)24-9-13-5-6-15(7-18(13)28-4)29-11-14(26)10-25/h5-7,14,17,20,25-26H,8-11H2,1-4H3,(H,24,27)/t14-,17-,20-/m1/s1. The van der Waals surface area contributed by atoms with Gasteiger partial charge in [-0.05, 0) is 48.3 Å². The SMILES string of the molecule is COc1cc(OC[C@H](O)CO)ccc1CNC(=O)Oc1sc(C)c2c1C[C@@H]1[C@H]2C1(C)C. The number of carbonyl (C=O) groups excluding carboxylic acids is 1. The van der Waals surface area contributed by atoms with Crippen molar-refractivity contribution in [2.45, 2.75) is 45.8 Å². The highest BCUT2D eigenvalue weighted by Crippen LogP contribution is 2.72. The van der Waals surface area contributed by atoms with E-state index in [-0.39, 0.29) is 19.8 Å². The van der Waals surface area contributed by atoms with Crippen molar-refractivity contribution in [3.8, 4) is 16.6 Å². The van der Waals surface area contributed by atoms with Crippen molar-refractivity contribution >= 4 is 17.4 Å². The van der Waals surface area contributed by atoms with Crippen LogP contribution < -0.4 is 19.5 Å². The molecule has 0 radical (unpaired) electrons. The predicted octanol–water partition coefficient (Wildman–Crippen LogP) is 3.38. The fourth-order valence-corrected chi connectivity index (χ4v) is 5.74. The summed E-state index contributed by atoms with van der Waals surface area (Å²) in [6.45, 7) is 6.59. The molecule has 4 rings (SSSR count). The predicted molar refractivity (Wildman–Crippen MR) is 117 cm³/mol. The Bertz CT molecular complexity index is 985. The van der Waals surface area contributed by atoms with Crippen LogP contribution in [0.15, 0.2) is 18.2 Å². The molecule has 2 aromatic rings. The molecule has 7 nitrogen and oxygen atoms in total. The molecule has 0 unspecified atom stereocenters. The van der Waals surface area contributed by atoms with Crippen LogP contribution in [0.4, 0.5) is 4.79 Å². The first-order valence-electron chi connectivity index (χ1n) is 10.4. The highest BCUT2D eigenvalue weighted by Gasteiger charge is 2.63. The van der Waals surface area contributed by atoms with E-state index in [1.165, 1.54) is 23.1 Å². The maximum Gasteiger partial charge on any atom is 0.413 e. The van der Waals surface area contributed by atoms with Crippen molar-refractivity contribution in [1.29, 1.82) is 0 Å². The van der Waals surface area contributed by atoms with E-state index in [9.17, 15) is 9.90 Å². The van der Waals surface area contributed by atoms with Gasteiger partial charge < -0.3 is 29.7 Å². The molecule has 1 amide bonds. The average molecular weight is 448 g/mol. The van der Waals surface area contributed by atoms with Crippen LogP contribution in [0.1, 0.15) is 41.3 Å². The van der Waals surface area contributed by atoms with Gasteiger partial charge in [0.05, 0.1) is 13.7 Å². The number of aryl methyl sites for hydroxylation is 1. The number of hydrogen-bond acceptors (Lipinski definition) is 7. The van der Waals surface area contributed by atoms with Crippen molar-refractivity contribution in [3.05, 3.63) is 39.8 Å². The topological polar surface area (TPSA) is 97.3 Å². The minimum atomic E-state index is -0.943. The largest absolute Gasteiger partial charge is 0.496 e. The van der Waals surface area contributed by atoms with E-state index in [1.54, 1.807) is 29.5 Å². The Labute approximate surface area is 186 Å². The number of carbonyl (C=O) groups is 1. The van der Waals surface area contributed by atoms with Gasteiger partial charge in [-0.2, -0.15) is 0 Å². The number of hydrogen-bond donors (Lipinski definition) is 3. The van der Waals surface area contributed by atoms with E-state index in [1.807, 2.05) is 0 Å². The summed E-state index contributed by atoms with van der Waals surface area (Å²) in [5, 5.41) is 21.8. The van der Waals surface area contributed by atoms with E-state index >= 15 is 0 Å². The third-order valence-corrected chi connectivity index (χ3v) is 7.54. The molecule has 168 valence electrons. The van der Waals surface area contributed by atoms with Crippen molar-refractivity contribution in [2.75, 3.05) is 20.3 Å². The summed E-state index contributed by atoms with van der Waals surface area (Å²) < 4.78 is 16.5. The quantitative estimate of drug-likeness (QED) is 0.574. The van der Waals surface area contributed by atoms with Gasteiger partial charge in [-0.15, -0.1) is 11.3 Å². The number of aliphatic hydroxyl groups is 2. The molecule has 0 aliphatic heterocycles. The Morgan fingerprint density at radius 2 is 2.16 bits per heavy atom. The van der Waals surface area contributed by atoms with Gasteiger partial charge in [0.15, 0.2) is 5.06 Å². The van der Waals surface area contributed by atoms with Crippen molar-refractivity contribution in [2.24, 2.45) is 11.3 Å². The maximum atomic E-state index is 12.4. The molecular weight excluding hydrogens is 418 g/mol. The molecule has 1 aromatic carbocycles. The molecule has 2 aliphatic carbocycles. The maximum absolute atomic E-state index is 12.4. The van der Waals surface area contributed by atoms with E-state index in [0.29, 0.717) is 33.8 Å². The number of rotatable bonds is 8. The van der Waals surface area contributed by atoms with E-state index in [4.69, 9.17) is 19.3 Å². The number of methoxy groups -OCH3 is 1. The molecule has 0 saturated heterocycles. The van der Waals surface area contributed by atoms with Crippen LogP contribution in [0.3, 0.4) is 0 Å². The number of aliphatic hydroxyl groups excluding tert-OH is 2. The lowest BCUT2D eigenvalue weighted by Gasteiger charge is -2.14. The van der Waals surface area contributed by atoms with Gasteiger partial charge in [0, 0.05) is 28.6 Å². The lowest BCUT2D eigenvalue weighted by atomic mass is 9.96. The average Bonchev–Trinajstić information content (AvgIpc) is 3.05. The number of nitrogens with one attached hydrogen (secondary N) is 1. The Morgan fingerprint density at radius 3 is 2.87 bits per heavy atom. The first kappa shape index (κ1) is 21.9. The smallest absolute Gasteiger partial charge is 0.413 e. The third-order valence-electron chi connectivity index (χ3n) is 6.50. The van der Waals surface area contributed by atoms with Crippen molar-refractivity contribution < 1.29 is 29.2 Å². The van der Waals surface area contributed by atoms with Crippen LogP contribution in [-0.2, 0) is 13.0 Å². The molecule has 31 heavy (non-hydrogen) atoms. The Balaban J connectivity index is 1.36. The zero-order valence-corrected chi connectivity index (χ0v) is 19.0. The van der Waals surface area contributed by atoms with E-state index in [0.717, 1.165) is 12.0 Å². The van der Waals surface area contributed by atoms with Crippen molar-refractivity contribution in [3.63, 3.8) is 0 Å². The highest BCUT2D eigenvalue weighted by molar-refractivity contribution is 7.14. The second-order valence-corrected chi connectivity index (χ2v) is 10.00. The molecule has 1 saturated carbocycles. The second kappa shape index (κ2) is 8.33. The number of fused-ring (bicyclic) bond motifs is 3. The Hall–Kier alpha value is -2.29. The van der Waals surface area contributed by atoms with Gasteiger partial charge in [-0.1, -0.05) is 13.8 Å². The molecule has 1 aromatic heterocycles. The molecule has 1 heterocycles. The van der Waals surface area contributed by atoms with Crippen molar-refractivity contribution in [1.82, 2.24) is 5.32 Å². The second-order valence-electron chi connectivity index (χ2n) is 8.81. The first-order chi connectivity index (χ1) is 14.8. The summed E-state index contributed by atoms with van der Waals surface area (Å²) in [5.41, 5.74) is 3.73. The minimum absolute atomic E-state index is 0.0208. The van der Waals surface area contributed by atoms with Crippen LogP contribution in [-0.4, -0.2) is 42.7 Å². The number of ether oxygens (including phenoxy) is 3. The van der Waals surface area contributed by atoms with Gasteiger partial charge >= 0.3 is 6.09 Å². The Kier molecular flexibility index (Phi) is 5.89. The molecule has 2 aliphatic rings. The molecule has 1 fully saturated rings. The van der Waals surface area contributed by atoms with Gasteiger partial charge in [-0.3, -0.25) is 0 Å². The zero-order chi connectivity index (χ0) is 22.3. The molecule has 0 spiro atoms. The van der Waals surface area contributed by atoms with E-state index < -0.39 is 12.2 Å². The molecule has 3 atom stereocenters. The summed E-state index contributed by atoms with van der Waals surface area (Å²) in [6.07, 6.45) is -0.445. The fourth-order valence-electron chi connectivity index (χ4n) is 4.67. The molecule has 8 heteroatoms. The summed E-state index contributed by atoms with van der Waals surface area (Å²) in [5.74, 6) is 2.31. The Morgan fingerprint density at radius 1 is 1.39 bits per heavy atom. The van der Waals surface area contributed by atoms with Crippen LogP contribution in [0.2, 0.25) is 0 Å². The van der Waals surface area contributed by atoms with E-state index in [2.05, 4.69) is 26.1 Å². The lowest BCUT2D eigenvalue weighted by Crippen LogP contribution is -2.26. The molecule has 0 bridgehead atoms. The summed E-state index contributed by atoms with van der Waals surface area (Å²) in [6, 6.07) is 5.18. The summed E-state index contributed by atoms with van der Waals surface area (Å²) in [7, 11) is 1.54. The number of thiophene rings is 1. The molecular formula is C23H29NO6S. The number of amides is 1. The monoisotopic (exact) mass is 447 g/mol. The van der Waals surface area contributed by atoms with Gasteiger partial charge in [0.2, 0.25) is 0 Å². The third kappa shape index (κ3) is 4.12. The van der Waals surface area contributed by atoms with Gasteiger partial charge in [0.25, 0.3) is 0 Å². The first-order valence-corrected chi connectivity index (χ1v) is 11.2. The minimum Gasteiger partial charge on any atom is -0.496 e. The highest BCUT2D eigenvalue weighted by atomic mass is 32.1. The van der Waals surface area contributed by atoms with Gasteiger partial charge in [-0.25, -0.2) is 4.79 Å². The van der Waals surface area contributed by atoms with Crippen LogP contribution >= 0.6 is 11.3 Å². The van der Waals surface area contributed by atoms with Crippen LogP contribution in [0.5, 0.6) is 16.6 Å². The van der Waals surface area contributed by atoms with Crippen LogP contribution in [0.25, 0.3) is 0 Å². The van der Waals surface area contributed by atoms with Gasteiger partial charge in [0.1, 0.15) is 24.2 Å². The zero-order valence-electron chi connectivity index (χ0n) is 18.2. The lowest BCUT2D eigenvalue weighted by molar-refractivity contribution is 0.0535.